The number of halogens is 1. The monoisotopic (exact) mass is 487 g/mol. The maximum Gasteiger partial charge on any atom is 0.109 e. The van der Waals surface area contributed by atoms with E-state index in [9.17, 15) is 0 Å². The Hall–Kier alpha value is 1.76. The van der Waals surface area contributed by atoms with E-state index < -0.39 is 0 Å². The molecule has 0 heterocycles. The van der Waals surface area contributed by atoms with E-state index in [1.807, 2.05) is 0 Å². The molecule has 0 unspecified atom stereocenters. The maximum absolute atomic E-state index is 7.49. The summed E-state index contributed by atoms with van der Waals surface area (Å²) < 4.78 is 0. The fourth-order valence-electron chi connectivity index (χ4n) is 0. The Bertz CT molecular complexity index is 117. The van der Waals surface area contributed by atoms with Crippen LogP contribution < -0.4 is 0 Å². The van der Waals surface area contributed by atoms with Crippen LogP contribution in [0, 0.1) is 11.3 Å². The third kappa shape index (κ3) is 580. The fourth-order valence-corrected chi connectivity index (χ4v) is 0. The van der Waals surface area contributed by atoms with Crippen molar-refractivity contribution in [2.75, 3.05) is 65.9 Å². The zero-order valence-corrected chi connectivity index (χ0v) is 19.2. The van der Waals surface area contributed by atoms with Crippen LogP contribution >= 0.6 is 35.4 Å². The molecule has 0 rings (SSSR count). The van der Waals surface area contributed by atoms with Gasteiger partial charge in [0.25, 0.3) is 0 Å². The van der Waals surface area contributed by atoms with Crippen molar-refractivity contribution in [2.45, 2.75) is 0 Å². The van der Waals surface area contributed by atoms with E-state index in [4.69, 9.17) is 16.9 Å². The van der Waals surface area contributed by atoms with Crippen molar-refractivity contribution >= 4 is 35.4 Å². The molecule has 0 aromatic heterocycles. The van der Waals surface area contributed by atoms with Crippen LogP contribution in [0.15, 0.2) is 0 Å². The van der Waals surface area contributed by atoms with Crippen LogP contribution in [0.5, 0.6) is 0 Å². The SMILES string of the molecule is CP(C)C.CP(C)C.CP(C)C.N#CCCl.[W]. The van der Waals surface area contributed by atoms with Gasteiger partial charge in [-0.25, -0.2) is 0 Å². The first kappa shape index (κ1) is 31.3. The van der Waals surface area contributed by atoms with Gasteiger partial charge in [-0.05, 0) is 60.0 Å². The van der Waals surface area contributed by atoms with Gasteiger partial charge in [-0.1, -0.05) is 0 Å². The van der Waals surface area contributed by atoms with Crippen molar-refractivity contribution < 1.29 is 21.1 Å². The molecule has 6 heteroatoms. The van der Waals surface area contributed by atoms with E-state index in [1.54, 1.807) is 6.07 Å². The molecule has 0 aromatic carbocycles. The number of nitriles is 1. The van der Waals surface area contributed by atoms with Crippen LogP contribution in [0.25, 0.3) is 0 Å². The quantitative estimate of drug-likeness (QED) is 0.355. The molecule has 0 aliphatic rings. The van der Waals surface area contributed by atoms with E-state index in [0.717, 1.165) is 0 Å². The zero-order chi connectivity index (χ0) is 14.1. The zero-order valence-electron chi connectivity index (χ0n) is 12.8. The summed E-state index contributed by atoms with van der Waals surface area (Å²) in [5.41, 5.74) is 0. The van der Waals surface area contributed by atoms with E-state index in [2.05, 4.69) is 60.0 Å². The Labute approximate surface area is 133 Å². The number of rotatable bonds is 0. The molecule has 17 heavy (non-hydrogen) atoms. The first-order chi connectivity index (χ1) is 7.11. The van der Waals surface area contributed by atoms with Gasteiger partial charge in [0.1, 0.15) is 5.88 Å². The molecule has 0 N–H and O–H groups in total. The first-order valence-electron chi connectivity index (χ1n) is 4.87. The number of hydrogen-bond donors (Lipinski definition) is 0. The van der Waals surface area contributed by atoms with Crippen LogP contribution in [0.1, 0.15) is 0 Å². The molecule has 0 spiro atoms. The topological polar surface area (TPSA) is 23.8 Å². The molecule has 0 saturated heterocycles. The molecule has 0 atom stereocenters. The Balaban J connectivity index is -0.0000000369. The van der Waals surface area contributed by atoms with Crippen LogP contribution in [0.3, 0.4) is 0 Å². The van der Waals surface area contributed by atoms with E-state index >= 15 is 0 Å². The van der Waals surface area contributed by atoms with Gasteiger partial charge in [0.05, 0.1) is 6.07 Å². The molecular formula is C11H29ClNP3W. The number of alkyl halides is 1. The Morgan fingerprint density at radius 2 is 0.824 bits per heavy atom. The minimum atomic E-state index is 0. The van der Waals surface area contributed by atoms with E-state index in [1.165, 1.54) is 0 Å². The van der Waals surface area contributed by atoms with Crippen molar-refractivity contribution in [1.82, 2.24) is 0 Å². The van der Waals surface area contributed by atoms with Gasteiger partial charge in [-0.2, -0.15) is 5.26 Å². The standard InChI is InChI=1S/3C3H9P.C2H2ClN.W/c3*1-4(2)3;3-1-2-4;/h3*1-3H3;1H2;. The summed E-state index contributed by atoms with van der Waals surface area (Å²) in [5.74, 6) is 0.0972. The second-order valence-electron chi connectivity index (χ2n) is 4.32. The van der Waals surface area contributed by atoms with E-state index in [-0.39, 0.29) is 26.9 Å². The Kier molecular flexibility index (Phi) is 56.3. The third-order valence-corrected chi connectivity index (χ3v) is 0.179. The molecule has 0 fully saturated rings. The Morgan fingerprint density at radius 3 is 0.824 bits per heavy atom. The van der Waals surface area contributed by atoms with Crippen molar-refractivity contribution in [3.8, 4) is 6.07 Å². The largest absolute Gasteiger partial charge is 0.197 e. The van der Waals surface area contributed by atoms with Crippen molar-refractivity contribution in [3.63, 3.8) is 0 Å². The van der Waals surface area contributed by atoms with Gasteiger partial charge in [-0.15, -0.1) is 35.4 Å². The van der Waals surface area contributed by atoms with Crippen molar-refractivity contribution in [3.05, 3.63) is 0 Å². The van der Waals surface area contributed by atoms with Crippen LogP contribution in [-0.4, -0.2) is 65.9 Å². The summed E-state index contributed by atoms with van der Waals surface area (Å²) in [6.07, 6.45) is 0. The average Bonchev–Trinajstić information content (AvgIpc) is 2.00. The van der Waals surface area contributed by atoms with Gasteiger partial charge in [0.15, 0.2) is 0 Å². The molecule has 0 aliphatic heterocycles. The second-order valence-corrected chi connectivity index (χ2v) is 12.6. The summed E-state index contributed by atoms with van der Waals surface area (Å²) in [6, 6.07) is 1.70. The van der Waals surface area contributed by atoms with Crippen LogP contribution in [0.4, 0.5) is 0 Å². The minimum Gasteiger partial charge on any atom is -0.197 e. The van der Waals surface area contributed by atoms with Crippen molar-refractivity contribution in [2.24, 2.45) is 0 Å². The molecule has 0 aliphatic carbocycles. The average molecular weight is 488 g/mol. The summed E-state index contributed by atoms with van der Waals surface area (Å²) >= 11 is 4.82. The maximum atomic E-state index is 7.49. The third-order valence-electron chi connectivity index (χ3n) is 0.0598. The smallest absolute Gasteiger partial charge is 0.109 e. The van der Waals surface area contributed by atoms with Gasteiger partial charge < -0.3 is 0 Å². The molecule has 1 nitrogen and oxygen atoms in total. The predicted molar refractivity (Wildman–Crippen MR) is 90.4 cm³/mol. The van der Waals surface area contributed by atoms with Gasteiger partial charge >= 0.3 is 0 Å². The normalized spacial score (nSPS) is 7.53. The first-order valence-corrected chi connectivity index (χ1v) is 13.5. The van der Waals surface area contributed by atoms with Gasteiger partial charge in [-0.3, -0.25) is 0 Å². The number of hydrogen-bond acceptors (Lipinski definition) is 1. The fraction of sp³-hybridized carbons (Fsp3) is 0.909. The molecule has 0 aromatic rings. The molecular weight excluding hydrogens is 458 g/mol. The van der Waals surface area contributed by atoms with Crippen LogP contribution in [-0.2, 0) is 21.1 Å². The number of nitrogens with zero attached hydrogens (tertiary/aromatic N) is 1. The van der Waals surface area contributed by atoms with Crippen LogP contribution in [0.2, 0.25) is 0 Å². The van der Waals surface area contributed by atoms with Gasteiger partial charge in [0.2, 0.25) is 0 Å². The Morgan fingerprint density at radius 1 is 0.765 bits per heavy atom. The molecule has 0 saturated carbocycles. The molecule has 0 radical (unpaired) electrons. The molecule has 106 valence electrons. The predicted octanol–water partition coefficient (Wildman–Crippen LogP) is 4.82. The summed E-state index contributed by atoms with van der Waals surface area (Å²) in [4.78, 5) is 0. The summed E-state index contributed by atoms with van der Waals surface area (Å²) in [7, 11) is 1.14. The molecule has 0 bridgehead atoms. The molecule has 0 amide bonds. The van der Waals surface area contributed by atoms with Crippen molar-refractivity contribution in [1.29, 1.82) is 5.26 Å². The summed E-state index contributed by atoms with van der Waals surface area (Å²) in [6.45, 7) is 20.1. The minimum absolute atomic E-state index is 0. The summed E-state index contributed by atoms with van der Waals surface area (Å²) in [5, 5.41) is 7.49. The van der Waals surface area contributed by atoms with Gasteiger partial charge in [0, 0.05) is 21.1 Å². The van der Waals surface area contributed by atoms with E-state index in [0.29, 0.717) is 23.8 Å². The second kappa shape index (κ2) is 30.6.